The highest BCUT2D eigenvalue weighted by Gasteiger charge is 2.22. The van der Waals surface area contributed by atoms with Gasteiger partial charge in [-0.15, -0.1) is 0 Å². The Kier molecular flexibility index (Phi) is 8.65. The molecule has 0 saturated carbocycles. The summed E-state index contributed by atoms with van der Waals surface area (Å²) in [5.41, 5.74) is 7.61. The topological polar surface area (TPSA) is 116 Å². The molecule has 3 rings (SSSR count). The number of anilines is 1. The van der Waals surface area contributed by atoms with E-state index in [2.05, 4.69) is 10.3 Å². The van der Waals surface area contributed by atoms with Crippen LogP contribution in [0.4, 0.5) is 5.82 Å². The molecule has 2 aromatic carbocycles. The van der Waals surface area contributed by atoms with E-state index in [1.54, 1.807) is 4.57 Å². The van der Waals surface area contributed by atoms with Crippen LogP contribution in [0.2, 0.25) is 0 Å². The van der Waals surface area contributed by atoms with Crippen molar-refractivity contribution in [3.8, 4) is 0 Å². The number of carbonyl (C=O) groups is 2. The molecule has 0 spiro atoms. The fourth-order valence-corrected chi connectivity index (χ4v) is 4.12. The van der Waals surface area contributed by atoms with Crippen molar-refractivity contribution in [2.75, 3.05) is 18.6 Å². The lowest BCUT2D eigenvalue weighted by Crippen LogP contribution is -2.43. The number of esters is 1. The molecule has 1 amide bonds. The fourth-order valence-electron chi connectivity index (χ4n) is 3.27. The molecule has 0 saturated heterocycles. The Balaban J connectivity index is 1.66. The van der Waals surface area contributed by atoms with Crippen LogP contribution in [0.3, 0.4) is 0 Å². The predicted octanol–water partition coefficient (Wildman–Crippen LogP) is 2.06. The second kappa shape index (κ2) is 11.9. The number of rotatable bonds is 10. The van der Waals surface area contributed by atoms with Crippen molar-refractivity contribution in [3.63, 3.8) is 0 Å². The summed E-state index contributed by atoms with van der Waals surface area (Å²) in [6.07, 6.45) is 0.999. The van der Waals surface area contributed by atoms with E-state index in [-0.39, 0.29) is 17.5 Å². The van der Waals surface area contributed by atoms with Crippen molar-refractivity contribution in [2.45, 2.75) is 30.6 Å². The lowest BCUT2D eigenvalue weighted by atomic mass is 10.1. The third-order valence-electron chi connectivity index (χ3n) is 4.92. The zero-order chi connectivity index (χ0) is 23.6. The van der Waals surface area contributed by atoms with Crippen LogP contribution in [0, 0.1) is 0 Å². The Hall–Kier alpha value is -3.59. The molecule has 0 aliphatic rings. The van der Waals surface area contributed by atoms with Crippen LogP contribution in [0.15, 0.2) is 76.7 Å². The van der Waals surface area contributed by atoms with Crippen molar-refractivity contribution in [3.05, 3.63) is 88.2 Å². The van der Waals surface area contributed by atoms with Gasteiger partial charge in [-0.1, -0.05) is 72.4 Å². The van der Waals surface area contributed by atoms with Crippen LogP contribution in [-0.4, -0.2) is 40.3 Å². The molecule has 172 valence electrons. The van der Waals surface area contributed by atoms with E-state index in [1.165, 1.54) is 13.2 Å². The fraction of sp³-hybridized carbons (Fsp3) is 0.250. The van der Waals surface area contributed by atoms with Gasteiger partial charge in [0.2, 0.25) is 5.91 Å². The highest BCUT2D eigenvalue weighted by atomic mass is 32.2. The van der Waals surface area contributed by atoms with Crippen molar-refractivity contribution >= 4 is 29.5 Å². The Bertz CT molecular complexity index is 1140. The molecule has 0 radical (unpaired) electrons. The Morgan fingerprint density at radius 1 is 1.09 bits per heavy atom. The number of nitrogens with two attached hydrogens (primary N) is 1. The highest BCUT2D eigenvalue weighted by Crippen LogP contribution is 2.18. The Labute approximate surface area is 196 Å². The minimum Gasteiger partial charge on any atom is -0.467 e. The third kappa shape index (κ3) is 7.21. The first-order chi connectivity index (χ1) is 16.0. The first-order valence-electron chi connectivity index (χ1n) is 10.4. The Morgan fingerprint density at radius 2 is 1.73 bits per heavy atom. The highest BCUT2D eigenvalue weighted by molar-refractivity contribution is 7.99. The van der Waals surface area contributed by atoms with Gasteiger partial charge in [0.05, 0.1) is 12.9 Å². The maximum absolute atomic E-state index is 12.6. The molecule has 1 unspecified atom stereocenters. The molecule has 3 aromatic rings. The van der Waals surface area contributed by atoms with Crippen LogP contribution in [0.25, 0.3) is 0 Å². The van der Waals surface area contributed by atoms with E-state index in [1.807, 2.05) is 60.7 Å². The van der Waals surface area contributed by atoms with Crippen LogP contribution < -0.4 is 16.6 Å². The van der Waals surface area contributed by atoms with Gasteiger partial charge in [0, 0.05) is 19.0 Å². The van der Waals surface area contributed by atoms with Gasteiger partial charge in [-0.05, 0) is 17.5 Å². The van der Waals surface area contributed by atoms with Crippen molar-refractivity contribution in [1.82, 2.24) is 14.9 Å². The molecule has 0 aliphatic carbocycles. The zero-order valence-corrected chi connectivity index (χ0v) is 19.1. The second-order valence-corrected chi connectivity index (χ2v) is 8.25. The number of aromatic nitrogens is 2. The molecule has 3 N–H and O–H groups in total. The summed E-state index contributed by atoms with van der Waals surface area (Å²) < 4.78 is 6.55. The third-order valence-corrected chi connectivity index (χ3v) is 5.90. The van der Waals surface area contributed by atoms with E-state index < -0.39 is 17.6 Å². The van der Waals surface area contributed by atoms with E-state index >= 15 is 0 Å². The van der Waals surface area contributed by atoms with Gasteiger partial charge < -0.3 is 20.4 Å². The molecule has 1 aromatic heterocycles. The number of aryl methyl sites for hydroxylation is 1. The summed E-state index contributed by atoms with van der Waals surface area (Å²) in [6, 6.07) is 19.7. The van der Waals surface area contributed by atoms with E-state index in [0.717, 1.165) is 22.9 Å². The minimum atomic E-state index is -0.820. The number of nitrogen functional groups attached to an aromatic ring is 1. The van der Waals surface area contributed by atoms with Gasteiger partial charge in [-0.25, -0.2) is 4.79 Å². The molecule has 8 nitrogen and oxygen atoms in total. The molecule has 0 bridgehead atoms. The monoisotopic (exact) mass is 466 g/mol. The standard InChI is InChI=1S/C24H26N4O4S/c1-32-23(31)19(14-18-10-6-3-7-11-18)26-22(30)16-33-24-27-21(29)15-20(25)28(24)13-12-17-8-4-2-5-9-17/h2-11,15,19H,12-14,16,25H2,1H3,(H,26,30). The largest absolute Gasteiger partial charge is 0.467 e. The zero-order valence-electron chi connectivity index (χ0n) is 18.3. The van der Waals surface area contributed by atoms with Gasteiger partial charge >= 0.3 is 5.97 Å². The summed E-state index contributed by atoms with van der Waals surface area (Å²) in [7, 11) is 1.28. The summed E-state index contributed by atoms with van der Waals surface area (Å²) in [4.78, 5) is 40.7. The van der Waals surface area contributed by atoms with Crippen molar-refractivity contribution < 1.29 is 14.3 Å². The van der Waals surface area contributed by atoms with Crippen LogP contribution in [0.5, 0.6) is 0 Å². The maximum atomic E-state index is 12.6. The lowest BCUT2D eigenvalue weighted by Gasteiger charge is -2.17. The first-order valence-corrected chi connectivity index (χ1v) is 11.4. The molecule has 1 atom stereocenters. The molecular formula is C24H26N4O4S. The SMILES string of the molecule is COC(=O)C(Cc1ccccc1)NC(=O)CSc1nc(=O)cc(N)n1CCc1ccccc1. The minimum absolute atomic E-state index is 0.0382. The number of carbonyl (C=O) groups excluding carboxylic acids is 2. The number of hydrogen-bond acceptors (Lipinski definition) is 7. The van der Waals surface area contributed by atoms with Crippen LogP contribution >= 0.6 is 11.8 Å². The van der Waals surface area contributed by atoms with Crippen molar-refractivity contribution in [1.29, 1.82) is 0 Å². The second-order valence-electron chi connectivity index (χ2n) is 7.31. The summed E-state index contributed by atoms with van der Waals surface area (Å²) >= 11 is 1.09. The van der Waals surface area contributed by atoms with Crippen LogP contribution in [-0.2, 0) is 33.7 Å². The van der Waals surface area contributed by atoms with Crippen LogP contribution in [0.1, 0.15) is 11.1 Å². The van der Waals surface area contributed by atoms with Gasteiger partial charge in [0.15, 0.2) is 5.16 Å². The number of benzene rings is 2. The quantitative estimate of drug-likeness (QED) is 0.267. The number of thioether (sulfide) groups is 1. The van der Waals surface area contributed by atoms with Crippen molar-refractivity contribution in [2.24, 2.45) is 0 Å². The van der Waals surface area contributed by atoms with Gasteiger partial charge in [-0.2, -0.15) is 4.98 Å². The molecule has 1 heterocycles. The van der Waals surface area contributed by atoms with Gasteiger partial charge in [-0.3, -0.25) is 9.59 Å². The number of nitrogens with zero attached hydrogens (tertiary/aromatic N) is 2. The number of methoxy groups -OCH3 is 1. The first kappa shape index (κ1) is 24.1. The molecule has 0 fully saturated rings. The molecule has 9 heteroatoms. The number of nitrogens with one attached hydrogen (secondary N) is 1. The molecule has 33 heavy (non-hydrogen) atoms. The maximum Gasteiger partial charge on any atom is 0.328 e. The van der Waals surface area contributed by atoms with E-state index in [4.69, 9.17) is 10.5 Å². The summed E-state index contributed by atoms with van der Waals surface area (Å²) in [5.74, 6) is -0.661. The average Bonchev–Trinajstić information content (AvgIpc) is 2.82. The lowest BCUT2D eigenvalue weighted by molar-refractivity contribution is -0.144. The predicted molar refractivity (Wildman–Crippen MR) is 128 cm³/mol. The van der Waals surface area contributed by atoms with E-state index in [0.29, 0.717) is 24.5 Å². The molecular weight excluding hydrogens is 440 g/mol. The Morgan fingerprint density at radius 3 is 2.36 bits per heavy atom. The summed E-state index contributed by atoms with van der Waals surface area (Å²) in [5, 5.41) is 3.06. The number of ether oxygens (including phenoxy) is 1. The van der Waals surface area contributed by atoms with E-state index in [9.17, 15) is 14.4 Å². The van der Waals surface area contributed by atoms with Gasteiger partial charge in [0.25, 0.3) is 5.56 Å². The summed E-state index contributed by atoms with van der Waals surface area (Å²) in [6.45, 7) is 0.506. The number of hydrogen-bond donors (Lipinski definition) is 2. The average molecular weight is 467 g/mol. The smallest absolute Gasteiger partial charge is 0.328 e. The number of amides is 1. The normalized spacial score (nSPS) is 11.5. The molecule has 0 aliphatic heterocycles. The van der Waals surface area contributed by atoms with Gasteiger partial charge in [0.1, 0.15) is 11.9 Å².